The Morgan fingerprint density at radius 1 is 1.24 bits per heavy atom. The molecule has 2 aromatic rings. The average molecular weight is 353 g/mol. The van der Waals surface area contributed by atoms with Crippen LogP contribution in [0, 0.1) is 13.8 Å². The molecule has 0 aliphatic heterocycles. The van der Waals surface area contributed by atoms with Gasteiger partial charge in [-0.05, 0) is 37.1 Å². The van der Waals surface area contributed by atoms with E-state index < -0.39 is 31.0 Å². The average Bonchev–Trinajstić information content (AvgIpc) is 2.90. The number of hydrogen-bond donors (Lipinski definition) is 5. The van der Waals surface area contributed by atoms with Gasteiger partial charge in [0.2, 0.25) is 5.95 Å². The molecule has 1 amide bonds. The SMILES string of the molecule is COC(=O)Nc1nc2cc(C)c(C)cc2n1CC(O)C(O)C(O)CO. The van der Waals surface area contributed by atoms with Gasteiger partial charge < -0.3 is 29.7 Å². The highest BCUT2D eigenvalue weighted by Gasteiger charge is 2.26. The van der Waals surface area contributed by atoms with Crippen LogP contribution in [0.3, 0.4) is 0 Å². The monoisotopic (exact) mass is 353 g/mol. The highest BCUT2D eigenvalue weighted by molar-refractivity contribution is 5.87. The van der Waals surface area contributed by atoms with E-state index in [0.29, 0.717) is 11.0 Å². The molecule has 0 bridgehead atoms. The third-order valence-corrected chi connectivity index (χ3v) is 4.11. The maximum atomic E-state index is 11.5. The Morgan fingerprint density at radius 3 is 2.48 bits per heavy atom. The van der Waals surface area contributed by atoms with Crippen LogP contribution in [0.25, 0.3) is 11.0 Å². The Labute approximate surface area is 144 Å². The zero-order valence-electron chi connectivity index (χ0n) is 14.3. The molecule has 3 atom stereocenters. The number of aryl methyl sites for hydroxylation is 2. The van der Waals surface area contributed by atoms with Crippen LogP contribution in [0.5, 0.6) is 0 Å². The number of hydrogen-bond acceptors (Lipinski definition) is 7. The molecular weight excluding hydrogens is 330 g/mol. The molecule has 0 fully saturated rings. The fourth-order valence-corrected chi connectivity index (χ4v) is 2.46. The summed E-state index contributed by atoms with van der Waals surface area (Å²) in [6.45, 7) is 3.00. The summed E-state index contributed by atoms with van der Waals surface area (Å²) >= 11 is 0. The molecule has 1 heterocycles. The van der Waals surface area contributed by atoms with Gasteiger partial charge in [0, 0.05) is 0 Å². The number of nitrogens with zero attached hydrogens (tertiary/aromatic N) is 2. The molecule has 9 heteroatoms. The molecule has 138 valence electrons. The zero-order valence-corrected chi connectivity index (χ0v) is 14.3. The minimum atomic E-state index is -1.56. The predicted octanol–water partition coefficient (Wildman–Crippen LogP) is -0.0936. The molecule has 2 rings (SSSR count). The number of imidazole rings is 1. The number of carbonyl (C=O) groups excluding carboxylic acids is 1. The highest BCUT2D eigenvalue weighted by Crippen LogP contribution is 2.24. The molecule has 1 aromatic heterocycles. The van der Waals surface area contributed by atoms with E-state index in [1.807, 2.05) is 26.0 Å². The van der Waals surface area contributed by atoms with Crippen molar-refractivity contribution >= 4 is 23.1 Å². The summed E-state index contributed by atoms with van der Waals surface area (Å²) in [5, 5.41) is 40.9. The maximum Gasteiger partial charge on any atom is 0.413 e. The molecule has 1 aromatic carbocycles. The minimum Gasteiger partial charge on any atom is -0.453 e. The lowest BCUT2D eigenvalue weighted by Gasteiger charge is -2.22. The predicted molar refractivity (Wildman–Crippen MR) is 90.3 cm³/mol. The van der Waals surface area contributed by atoms with Crippen LogP contribution in [-0.2, 0) is 11.3 Å². The fourth-order valence-electron chi connectivity index (χ4n) is 2.46. The number of ether oxygens (including phenoxy) is 1. The topological polar surface area (TPSA) is 137 Å². The first-order valence-corrected chi connectivity index (χ1v) is 7.76. The summed E-state index contributed by atoms with van der Waals surface area (Å²) < 4.78 is 6.08. The first-order valence-electron chi connectivity index (χ1n) is 7.76. The number of carbonyl (C=O) groups is 1. The molecule has 25 heavy (non-hydrogen) atoms. The summed E-state index contributed by atoms with van der Waals surface area (Å²) in [6.07, 6.45) is -5.15. The second-order valence-electron chi connectivity index (χ2n) is 5.90. The van der Waals surface area contributed by atoms with Gasteiger partial charge in [0.25, 0.3) is 0 Å². The van der Waals surface area contributed by atoms with E-state index in [4.69, 9.17) is 5.11 Å². The van der Waals surface area contributed by atoms with Crippen molar-refractivity contribution in [3.8, 4) is 0 Å². The lowest BCUT2D eigenvalue weighted by Crippen LogP contribution is -2.41. The van der Waals surface area contributed by atoms with Crippen molar-refractivity contribution in [2.45, 2.75) is 38.7 Å². The van der Waals surface area contributed by atoms with Gasteiger partial charge in [-0.1, -0.05) is 0 Å². The van der Waals surface area contributed by atoms with Crippen molar-refractivity contribution in [3.63, 3.8) is 0 Å². The van der Waals surface area contributed by atoms with Gasteiger partial charge in [0.1, 0.15) is 18.3 Å². The quantitative estimate of drug-likeness (QED) is 0.489. The highest BCUT2D eigenvalue weighted by atomic mass is 16.5. The van der Waals surface area contributed by atoms with E-state index in [1.54, 1.807) is 0 Å². The molecule has 0 saturated carbocycles. The molecule has 0 spiro atoms. The van der Waals surface area contributed by atoms with Gasteiger partial charge >= 0.3 is 6.09 Å². The van der Waals surface area contributed by atoms with Crippen LogP contribution in [0.4, 0.5) is 10.7 Å². The number of nitrogens with one attached hydrogen (secondary N) is 1. The smallest absolute Gasteiger partial charge is 0.413 e. The Bertz CT molecular complexity index is 760. The van der Waals surface area contributed by atoms with E-state index >= 15 is 0 Å². The molecule has 5 N–H and O–H groups in total. The van der Waals surface area contributed by atoms with E-state index in [9.17, 15) is 20.1 Å². The number of aliphatic hydroxyl groups excluding tert-OH is 4. The number of methoxy groups -OCH3 is 1. The lowest BCUT2D eigenvalue weighted by atomic mass is 10.1. The second kappa shape index (κ2) is 7.79. The summed E-state index contributed by atoms with van der Waals surface area (Å²) in [6, 6.07) is 3.69. The van der Waals surface area contributed by atoms with E-state index in [1.165, 1.54) is 11.7 Å². The van der Waals surface area contributed by atoms with Crippen molar-refractivity contribution in [1.82, 2.24) is 9.55 Å². The van der Waals surface area contributed by atoms with Crippen molar-refractivity contribution in [1.29, 1.82) is 0 Å². The number of benzene rings is 1. The number of aliphatic hydroxyl groups is 4. The first kappa shape index (κ1) is 19.1. The summed E-state index contributed by atoms with van der Waals surface area (Å²) in [7, 11) is 1.22. The van der Waals surface area contributed by atoms with Crippen LogP contribution in [0.15, 0.2) is 12.1 Å². The van der Waals surface area contributed by atoms with Crippen molar-refractivity contribution in [2.24, 2.45) is 0 Å². The zero-order chi connectivity index (χ0) is 18.7. The van der Waals surface area contributed by atoms with E-state index in [2.05, 4.69) is 15.0 Å². The lowest BCUT2D eigenvalue weighted by molar-refractivity contribution is -0.0801. The normalized spacial score (nSPS) is 15.0. The van der Waals surface area contributed by atoms with Crippen LogP contribution in [0.2, 0.25) is 0 Å². The number of rotatable bonds is 6. The van der Waals surface area contributed by atoms with Crippen LogP contribution in [-0.4, -0.2) is 68.1 Å². The molecule has 3 unspecified atom stereocenters. The Balaban J connectivity index is 2.45. The van der Waals surface area contributed by atoms with Crippen LogP contribution >= 0.6 is 0 Å². The Hall–Kier alpha value is -2.20. The van der Waals surface area contributed by atoms with E-state index in [-0.39, 0.29) is 12.5 Å². The van der Waals surface area contributed by atoms with Gasteiger partial charge in [0.05, 0.1) is 31.3 Å². The van der Waals surface area contributed by atoms with Gasteiger partial charge in [-0.15, -0.1) is 0 Å². The Kier molecular flexibility index (Phi) is 5.96. The molecule has 0 radical (unpaired) electrons. The second-order valence-corrected chi connectivity index (χ2v) is 5.90. The molecule has 0 aliphatic rings. The van der Waals surface area contributed by atoms with Crippen molar-refractivity contribution < 1.29 is 30.0 Å². The van der Waals surface area contributed by atoms with Gasteiger partial charge in [-0.3, -0.25) is 5.32 Å². The standard InChI is InChI=1S/C16H23N3O6/c1-8-4-10-11(5-9(8)2)19(15(17-10)18-16(24)25-3)6-12(21)14(23)13(22)7-20/h4-5,12-14,20-23H,6-7H2,1-3H3,(H,17,18,24). The third kappa shape index (κ3) is 4.07. The molecule has 9 nitrogen and oxygen atoms in total. The van der Waals surface area contributed by atoms with Crippen molar-refractivity contribution in [3.05, 3.63) is 23.3 Å². The van der Waals surface area contributed by atoms with E-state index in [0.717, 1.165) is 11.1 Å². The number of aromatic nitrogens is 2. The molecular formula is C16H23N3O6. The summed E-state index contributed by atoms with van der Waals surface area (Å²) in [5.41, 5.74) is 3.24. The van der Waals surface area contributed by atoms with Crippen molar-refractivity contribution in [2.75, 3.05) is 19.0 Å². The first-order chi connectivity index (χ1) is 11.8. The van der Waals surface area contributed by atoms with Gasteiger partial charge in [-0.25, -0.2) is 9.78 Å². The third-order valence-electron chi connectivity index (χ3n) is 4.11. The van der Waals surface area contributed by atoms with Gasteiger partial charge in [-0.2, -0.15) is 0 Å². The summed E-state index contributed by atoms with van der Waals surface area (Å²) in [5.74, 6) is 0.136. The minimum absolute atomic E-state index is 0.136. The number of fused-ring (bicyclic) bond motifs is 1. The molecule has 0 aliphatic carbocycles. The molecule has 0 saturated heterocycles. The number of amides is 1. The number of anilines is 1. The van der Waals surface area contributed by atoms with Gasteiger partial charge in [0.15, 0.2) is 0 Å². The Morgan fingerprint density at radius 2 is 1.88 bits per heavy atom. The maximum absolute atomic E-state index is 11.5. The van der Waals surface area contributed by atoms with Crippen LogP contribution < -0.4 is 5.32 Å². The largest absolute Gasteiger partial charge is 0.453 e. The fraction of sp³-hybridized carbons (Fsp3) is 0.500. The van der Waals surface area contributed by atoms with Crippen LogP contribution in [0.1, 0.15) is 11.1 Å². The summed E-state index contributed by atoms with van der Waals surface area (Å²) in [4.78, 5) is 15.9.